The van der Waals surface area contributed by atoms with Crippen molar-refractivity contribution in [3.8, 4) is 46.3 Å². The highest BCUT2D eigenvalue weighted by Crippen LogP contribution is 2.43. The van der Waals surface area contributed by atoms with Gasteiger partial charge in [-0.3, -0.25) is 4.57 Å². The number of fused-ring (bicyclic) bond motifs is 7. The van der Waals surface area contributed by atoms with E-state index in [0.717, 1.165) is 66.1 Å². The number of nitriles is 2. The fourth-order valence-electron chi connectivity index (χ4n) is 6.99. The Morgan fingerprint density at radius 2 is 0.896 bits per heavy atom. The van der Waals surface area contributed by atoms with E-state index in [1.165, 1.54) is 0 Å². The highest BCUT2D eigenvalue weighted by molar-refractivity contribution is 6.28. The summed E-state index contributed by atoms with van der Waals surface area (Å²) in [5, 5.41) is 24.5. The average Bonchev–Trinajstić information content (AvgIpc) is 3.67. The number of hydrogen-bond acceptors (Lipinski definition) is 4. The molecule has 3 heterocycles. The molecular weight excluding hydrogens is 589 g/mol. The Kier molecular flexibility index (Phi) is 6.15. The number of nitrogens with zero attached hydrogens (tertiary/aromatic N) is 6. The first-order valence-corrected chi connectivity index (χ1v) is 15.6. The molecule has 0 unspecified atom stereocenters. The zero-order valence-electron chi connectivity index (χ0n) is 25.5. The normalized spacial score (nSPS) is 11.3. The molecule has 0 spiro atoms. The Labute approximate surface area is 275 Å². The lowest BCUT2D eigenvalue weighted by Gasteiger charge is -2.12. The van der Waals surface area contributed by atoms with E-state index < -0.39 is 0 Å². The minimum Gasteiger partial charge on any atom is -0.307 e. The van der Waals surface area contributed by atoms with E-state index in [1.54, 1.807) is 18.2 Å². The first-order chi connectivity index (χ1) is 23.7. The summed E-state index contributed by atoms with van der Waals surface area (Å²) in [6.07, 6.45) is 0. The Bertz CT molecular complexity index is 2710. The fourth-order valence-corrected chi connectivity index (χ4v) is 6.99. The number of para-hydroxylation sites is 3. The number of aromatic nitrogens is 4. The molecule has 9 rings (SSSR count). The van der Waals surface area contributed by atoms with Crippen LogP contribution < -0.4 is 0 Å². The van der Waals surface area contributed by atoms with Crippen LogP contribution in [0.5, 0.6) is 0 Å². The third-order valence-corrected chi connectivity index (χ3v) is 9.03. The third kappa shape index (κ3) is 4.04. The molecule has 0 N–H and O–H groups in total. The molecule has 0 saturated carbocycles. The van der Waals surface area contributed by atoms with Crippen molar-refractivity contribution in [1.82, 2.24) is 19.1 Å². The molecule has 6 aromatic carbocycles. The van der Waals surface area contributed by atoms with Gasteiger partial charge in [-0.2, -0.15) is 10.5 Å². The van der Waals surface area contributed by atoms with Crippen LogP contribution in [0.25, 0.3) is 77.8 Å². The maximum absolute atomic E-state index is 10.1. The fraction of sp³-hybridized carbons (Fsp3) is 0. The summed E-state index contributed by atoms with van der Waals surface area (Å²) in [6, 6.07) is 53.1. The molecule has 0 atom stereocenters. The van der Waals surface area contributed by atoms with Crippen LogP contribution in [0, 0.1) is 22.7 Å². The van der Waals surface area contributed by atoms with Crippen molar-refractivity contribution in [3.05, 3.63) is 157 Å². The zero-order chi connectivity index (χ0) is 32.2. The second-order valence-electron chi connectivity index (χ2n) is 11.7. The van der Waals surface area contributed by atoms with Gasteiger partial charge >= 0.3 is 0 Å². The first kappa shape index (κ1) is 27.3. The smallest absolute Gasteiger partial charge is 0.235 e. The van der Waals surface area contributed by atoms with Crippen molar-refractivity contribution in [1.29, 1.82) is 10.5 Å². The number of benzene rings is 6. The minimum atomic E-state index is 0.443. The van der Waals surface area contributed by atoms with E-state index in [2.05, 4.69) is 81.9 Å². The van der Waals surface area contributed by atoms with E-state index in [9.17, 15) is 10.5 Å². The Morgan fingerprint density at radius 1 is 0.438 bits per heavy atom. The second-order valence-corrected chi connectivity index (χ2v) is 11.7. The molecule has 9 aromatic rings. The van der Waals surface area contributed by atoms with Gasteiger partial charge in [0.1, 0.15) is 12.1 Å². The van der Waals surface area contributed by atoms with Gasteiger partial charge in [-0.05, 0) is 42.5 Å². The van der Waals surface area contributed by atoms with Gasteiger partial charge in [0.25, 0.3) is 0 Å². The van der Waals surface area contributed by atoms with E-state index >= 15 is 0 Å². The average molecular weight is 613 g/mol. The van der Waals surface area contributed by atoms with Crippen LogP contribution >= 0.6 is 0 Å². The molecule has 0 aliphatic rings. The zero-order valence-corrected chi connectivity index (χ0v) is 25.5. The summed E-state index contributed by atoms with van der Waals surface area (Å²) in [6.45, 7) is 0. The quantitative estimate of drug-likeness (QED) is 0.198. The summed E-state index contributed by atoms with van der Waals surface area (Å²) in [4.78, 5) is 10.4. The van der Waals surface area contributed by atoms with Crippen LogP contribution in [0.2, 0.25) is 0 Å². The molecule has 0 saturated heterocycles. The Hall–Kier alpha value is -7.02. The van der Waals surface area contributed by atoms with E-state index in [4.69, 9.17) is 9.97 Å². The van der Waals surface area contributed by atoms with Gasteiger partial charge in [-0.1, -0.05) is 103 Å². The molecule has 0 radical (unpaired) electrons. The molecule has 0 aliphatic carbocycles. The van der Waals surface area contributed by atoms with Crippen LogP contribution in [0.1, 0.15) is 11.1 Å². The van der Waals surface area contributed by atoms with Crippen molar-refractivity contribution < 1.29 is 0 Å². The molecule has 222 valence electrons. The maximum Gasteiger partial charge on any atom is 0.235 e. The largest absolute Gasteiger partial charge is 0.307 e. The standard InChI is InChI=1S/C42H24N6/c43-25-29-16-11-17-30(26-44)41(29)47-35-20-9-7-18-31(35)39-37(47)22-23-38-40(39)32-19-8-10-21-36(32)48(38)42-45-33(27-12-3-1-4-13-27)24-34(46-42)28-14-5-2-6-15-28/h1-24H. The lowest BCUT2D eigenvalue weighted by molar-refractivity contribution is 0.996. The molecule has 0 amide bonds. The molecule has 0 bridgehead atoms. The highest BCUT2D eigenvalue weighted by atomic mass is 15.2. The lowest BCUT2D eigenvalue weighted by Crippen LogP contribution is -2.04. The molecule has 48 heavy (non-hydrogen) atoms. The van der Waals surface area contributed by atoms with E-state index in [-0.39, 0.29) is 0 Å². The monoisotopic (exact) mass is 612 g/mol. The predicted molar refractivity (Wildman–Crippen MR) is 191 cm³/mol. The second kappa shape index (κ2) is 10.8. The SMILES string of the molecule is N#Cc1cccc(C#N)c1-n1c2ccccc2c2c3c4ccccc4n(-c4nc(-c5ccccc5)cc(-c5ccccc5)n4)c3ccc21. The van der Waals surface area contributed by atoms with Crippen molar-refractivity contribution in [2.24, 2.45) is 0 Å². The summed E-state index contributed by atoms with van der Waals surface area (Å²) in [7, 11) is 0. The summed E-state index contributed by atoms with van der Waals surface area (Å²) in [5.74, 6) is 0.575. The summed E-state index contributed by atoms with van der Waals surface area (Å²) < 4.78 is 4.21. The molecular formula is C42H24N6. The van der Waals surface area contributed by atoms with Gasteiger partial charge in [0, 0.05) is 32.7 Å². The predicted octanol–water partition coefficient (Wildman–Crippen LogP) is 9.75. The van der Waals surface area contributed by atoms with Crippen molar-refractivity contribution >= 4 is 43.6 Å². The minimum absolute atomic E-state index is 0.443. The number of hydrogen-bond donors (Lipinski definition) is 0. The van der Waals surface area contributed by atoms with Gasteiger partial charge in [0.05, 0.1) is 50.3 Å². The lowest BCUT2D eigenvalue weighted by atomic mass is 10.1. The van der Waals surface area contributed by atoms with Crippen molar-refractivity contribution in [2.45, 2.75) is 0 Å². The van der Waals surface area contributed by atoms with Crippen LogP contribution in [-0.4, -0.2) is 19.1 Å². The topological polar surface area (TPSA) is 83.2 Å². The number of rotatable bonds is 4. The highest BCUT2D eigenvalue weighted by Gasteiger charge is 2.23. The molecule has 3 aromatic heterocycles. The molecule has 0 aliphatic heterocycles. The third-order valence-electron chi connectivity index (χ3n) is 9.03. The van der Waals surface area contributed by atoms with Gasteiger partial charge in [0.15, 0.2) is 0 Å². The molecule has 0 fully saturated rings. The molecule has 6 nitrogen and oxygen atoms in total. The van der Waals surface area contributed by atoms with Crippen molar-refractivity contribution in [3.63, 3.8) is 0 Å². The molecule has 6 heteroatoms. The summed E-state index contributed by atoms with van der Waals surface area (Å²) >= 11 is 0. The summed E-state index contributed by atoms with van der Waals surface area (Å²) in [5.41, 5.74) is 8.93. The first-order valence-electron chi connectivity index (χ1n) is 15.6. The maximum atomic E-state index is 10.1. The Morgan fingerprint density at radius 3 is 1.42 bits per heavy atom. The van der Waals surface area contributed by atoms with Crippen LogP contribution in [-0.2, 0) is 0 Å². The van der Waals surface area contributed by atoms with Crippen molar-refractivity contribution in [2.75, 3.05) is 0 Å². The van der Waals surface area contributed by atoms with Crippen LogP contribution in [0.4, 0.5) is 0 Å². The van der Waals surface area contributed by atoms with E-state index in [0.29, 0.717) is 22.8 Å². The Balaban J connectivity index is 1.42. The van der Waals surface area contributed by atoms with E-state index in [1.807, 2.05) is 66.7 Å². The van der Waals surface area contributed by atoms with Crippen LogP contribution in [0.15, 0.2) is 146 Å². The van der Waals surface area contributed by atoms with Gasteiger partial charge in [-0.15, -0.1) is 0 Å². The van der Waals surface area contributed by atoms with Gasteiger partial charge < -0.3 is 4.57 Å². The van der Waals surface area contributed by atoms with Gasteiger partial charge in [-0.25, -0.2) is 9.97 Å². The van der Waals surface area contributed by atoms with Crippen LogP contribution in [0.3, 0.4) is 0 Å². The van der Waals surface area contributed by atoms with Gasteiger partial charge in [0.2, 0.25) is 5.95 Å².